The zero-order valence-corrected chi connectivity index (χ0v) is 11.3. The molecule has 0 aliphatic heterocycles. The van der Waals surface area contributed by atoms with Gasteiger partial charge in [-0.25, -0.2) is 0 Å². The van der Waals surface area contributed by atoms with E-state index in [4.69, 9.17) is 10.5 Å². The van der Waals surface area contributed by atoms with Crippen LogP contribution in [0.25, 0.3) is 0 Å². The quantitative estimate of drug-likeness (QED) is 0.815. The number of amides is 1. The number of hydrogen-bond acceptors (Lipinski definition) is 3. The van der Waals surface area contributed by atoms with Gasteiger partial charge < -0.3 is 15.8 Å². The van der Waals surface area contributed by atoms with Crippen molar-refractivity contribution < 1.29 is 9.53 Å². The highest BCUT2D eigenvalue weighted by atomic mass is 16.5. The topological polar surface area (TPSA) is 64.4 Å². The second-order valence-electron chi connectivity index (χ2n) is 4.42. The summed E-state index contributed by atoms with van der Waals surface area (Å²) in [6, 6.07) is 5.10. The number of rotatable bonds is 6. The Hall–Kier alpha value is -1.55. The first-order valence-electron chi connectivity index (χ1n) is 6.29. The third-order valence-electron chi connectivity index (χ3n) is 2.90. The van der Waals surface area contributed by atoms with Gasteiger partial charge in [0.05, 0.1) is 13.2 Å². The summed E-state index contributed by atoms with van der Waals surface area (Å²) >= 11 is 0. The first kappa shape index (κ1) is 14.5. The van der Waals surface area contributed by atoms with Crippen LogP contribution in [0.1, 0.15) is 31.7 Å². The van der Waals surface area contributed by atoms with Crippen molar-refractivity contribution in [2.45, 2.75) is 39.2 Å². The number of unbranched alkanes of at least 4 members (excludes halogenated alkanes) is 1. The van der Waals surface area contributed by atoms with Crippen LogP contribution < -0.4 is 15.8 Å². The van der Waals surface area contributed by atoms with Gasteiger partial charge in [0.2, 0.25) is 5.91 Å². The lowest BCUT2D eigenvalue weighted by Gasteiger charge is -2.14. The standard InChI is InChI=1S/C14H22N2O2/c1-4-5-6-12(15)14(17)16-13-8-7-11(18-3)9-10(13)2/h7-9,12H,4-6,15H2,1-3H3,(H,16,17)/t12-/m0/s1. The fourth-order valence-corrected chi connectivity index (χ4v) is 1.68. The number of ether oxygens (including phenoxy) is 1. The van der Waals surface area contributed by atoms with Gasteiger partial charge in [-0.05, 0) is 37.1 Å². The fraction of sp³-hybridized carbons (Fsp3) is 0.500. The lowest BCUT2D eigenvalue weighted by molar-refractivity contribution is -0.117. The minimum absolute atomic E-state index is 0.128. The number of methoxy groups -OCH3 is 1. The van der Waals surface area contributed by atoms with Gasteiger partial charge in [-0.3, -0.25) is 4.79 Å². The summed E-state index contributed by atoms with van der Waals surface area (Å²) < 4.78 is 5.12. The summed E-state index contributed by atoms with van der Waals surface area (Å²) in [6.07, 6.45) is 2.73. The van der Waals surface area contributed by atoms with Crippen LogP contribution in [0, 0.1) is 6.92 Å². The fourth-order valence-electron chi connectivity index (χ4n) is 1.68. The number of nitrogens with two attached hydrogens (primary N) is 1. The number of benzene rings is 1. The van der Waals surface area contributed by atoms with Crippen LogP contribution in [0.5, 0.6) is 5.75 Å². The van der Waals surface area contributed by atoms with E-state index in [0.29, 0.717) is 0 Å². The summed E-state index contributed by atoms with van der Waals surface area (Å²) in [5, 5.41) is 2.85. The number of hydrogen-bond donors (Lipinski definition) is 2. The monoisotopic (exact) mass is 250 g/mol. The Labute approximate surface area is 109 Å². The van der Waals surface area contributed by atoms with Crippen molar-refractivity contribution in [2.24, 2.45) is 5.73 Å². The molecule has 0 unspecified atom stereocenters. The molecule has 0 aromatic heterocycles. The highest BCUT2D eigenvalue weighted by molar-refractivity contribution is 5.95. The molecule has 4 nitrogen and oxygen atoms in total. The largest absolute Gasteiger partial charge is 0.497 e. The third-order valence-corrected chi connectivity index (χ3v) is 2.90. The summed E-state index contributed by atoms with van der Waals surface area (Å²) in [7, 11) is 1.62. The van der Waals surface area contributed by atoms with E-state index in [1.54, 1.807) is 7.11 Å². The van der Waals surface area contributed by atoms with Gasteiger partial charge in [0, 0.05) is 5.69 Å². The van der Waals surface area contributed by atoms with Crippen LogP contribution in [0.15, 0.2) is 18.2 Å². The molecule has 18 heavy (non-hydrogen) atoms. The first-order valence-corrected chi connectivity index (χ1v) is 6.29. The van der Waals surface area contributed by atoms with Crippen molar-refractivity contribution in [3.05, 3.63) is 23.8 Å². The van der Waals surface area contributed by atoms with Gasteiger partial charge in [-0.1, -0.05) is 19.8 Å². The molecule has 4 heteroatoms. The molecule has 1 aromatic rings. The minimum Gasteiger partial charge on any atom is -0.497 e. The maximum atomic E-state index is 11.9. The van der Waals surface area contributed by atoms with Gasteiger partial charge in [-0.15, -0.1) is 0 Å². The van der Waals surface area contributed by atoms with E-state index in [1.165, 1.54) is 0 Å². The van der Waals surface area contributed by atoms with Crippen LogP contribution in [-0.2, 0) is 4.79 Å². The van der Waals surface area contributed by atoms with Gasteiger partial charge in [0.25, 0.3) is 0 Å². The van der Waals surface area contributed by atoms with E-state index < -0.39 is 6.04 Å². The molecule has 1 rings (SSSR count). The molecule has 0 aliphatic carbocycles. The predicted molar refractivity (Wildman–Crippen MR) is 73.9 cm³/mol. The molecule has 0 saturated heterocycles. The second kappa shape index (κ2) is 7.01. The Kier molecular flexibility index (Phi) is 5.65. The Balaban J connectivity index is 2.64. The molecule has 0 saturated carbocycles. The lowest BCUT2D eigenvalue weighted by Crippen LogP contribution is -2.35. The molecule has 3 N–H and O–H groups in total. The maximum Gasteiger partial charge on any atom is 0.241 e. The molecule has 1 atom stereocenters. The zero-order chi connectivity index (χ0) is 13.5. The highest BCUT2D eigenvalue weighted by Crippen LogP contribution is 2.21. The van der Waals surface area contributed by atoms with E-state index in [1.807, 2.05) is 25.1 Å². The van der Waals surface area contributed by atoms with E-state index in [-0.39, 0.29) is 5.91 Å². The molecular formula is C14H22N2O2. The Bertz CT molecular complexity index is 405. The van der Waals surface area contributed by atoms with E-state index in [2.05, 4.69) is 12.2 Å². The first-order chi connectivity index (χ1) is 8.58. The summed E-state index contributed by atoms with van der Waals surface area (Å²) in [4.78, 5) is 11.9. The summed E-state index contributed by atoms with van der Waals surface area (Å²) in [5.41, 5.74) is 7.57. The van der Waals surface area contributed by atoms with E-state index in [0.717, 1.165) is 36.3 Å². The van der Waals surface area contributed by atoms with Crippen LogP contribution in [0.3, 0.4) is 0 Å². The second-order valence-corrected chi connectivity index (χ2v) is 4.42. The average molecular weight is 250 g/mol. The number of aryl methyl sites for hydroxylation is 1. The van der Waals surface area contributed by atoms with Crippen molar-refractivity contribution in [1.29, 1.82) is 0 Å². The molecule has 0 aliphatic rings. The summed E-state index contributed by atoms with van der Waals surface area (Å²) in [6.45, 7) is 4.01. The smallest absolute Gasteiger partial charge is 0.241 e. The average Bonchev–Trinajstić information content (AvgIpc) is 2.38. The van der Waals surface area contributed by atoms with Crippen LogP contribution in [0.4, 0.5) is 5.69 Å². The zero-order valence-electron chi connectivity index (χ0n) is 11.3. The molecule has 1 amide bonds. The van der Waals surface area contributed by atoms with E-state index in [9.17, 15) is 4.79 Å². The molecule has 100 valence electrons. The minimum atomic E-state index is -0.438. The van der Waals surface area contributed by atoms with Crippen molar-refractivity contribution in [3.8, 4) is 5.75 Å². The van der Waals surface area contributed by atoms with Crippen molar-refractivity contribution in [3.63, 3.8) is 0 Å². The van der Waals surface area contributed by atoms with Crippen molar-refractivity contribution in [2.75, 3.05) is 12.4 Å². The van der Waals surface area contributed by atoms with E-state index >= 15 is 0 Å². The molecule has 0 radical (unpaired) electrons. The SMILES string of the molecule is CCCC[C@H](N)C(=O)Nc1ccc(OC)cc1C. The van der Waals surface area contributed by atoms with Gasteiger partial charge in [0.1, 0.15) is 5.75 Å². The number of nitrogens with one attached hydrogen (secondary N) is 1. The molecule has 0 bridgehead atoms. The third kappa shape index (κ3) is 4.04. The number of anilines is 1. The normalized spacial score (nSPS) is 12.0. The van der Waals surface area contributed by atoms with Crippen molar-refractivity contribution in [1.82, 2.24) is 0 Å². The Morgan fingerprint density at radius 3 is 2.78 bits per heavy atom. The predicted octanol–water partition coefficient (Wildman–Crippen LogP) is 2.46. The van der Waals surface area contributed by atoms with Crippen LogP contribution >= 0.6 is 0 Å². The maximum absolute atomic E-state index is 11.9. The van der Waals surface area contributed by atoms with Crippen LogP contribution in [0.2, 0.25) is 0 Å². The Morgan fingerprint density at radius 2 is 2.22 bits per heavy atom. The van der Waals surface area contributed by atoms with Crippen molar-refractivity contribution >= 4 is 11.6 Å². The molecule has 0 heterocycles. The molecular weight excluding hydrogens is 228 g/mol. The number of carbonyl (C=O) groups excluding carboxylic acids is 1. The van der Waals surface area contributed by atoms with Gasteiger partial charge in [-0.2, -0.15) is 0 Å². The Morgan fingerprint density at radius 1 is 1.50 bits per heavy atom. The molecule has 0 spiro atoms. The summed E-state index contributed by atoms with van der Waals surface area (Å²) in [5.74, 6) is 0.650. The molecule has 1 aromatic carbocycles. The lowest BCUT2D eigenvalue weighted by atomic mass is 10.1. The number of carbonyl (C=O) groups is 1. The van der Waals surface area contributed by atoms with Gasteiger partial charge >= 0.3 is 0 Å². The highest BCUT2D eigenvalue weighted by Gasteiger charge is 2.13. The van der Waals surface area contributed by atoms with Gasteiger partial charge in [0.15, 0.2) is 0 Å². The molecule has 0 fully saturated rings. The van der Waals surface area contributed by atoms with Crippen LogP contribution in [-0.4, -0.2) is 19.1 Å².